The van der Waals surface area contributed by atoms with E-state index >= 15 is 0 Å². The van der Waals surface area contributed by atoms with Crippen LogP contribution in [0, 0.1) is 5.92 Å². The molecule has 3 amide bonds. The predicted octanol–water partition coefficient (Wildman–Crippen LogP) is 3.54. The fraction of sp³-hybridized carbons (Fsp3) is 0.400. The first kappa shape index (κ1) is 21.1. The molecule has 6 nitrogen and oxygen atoms in total. The minimum absolute atomic E-state index is 0.00462. The molecule has 31 heavy (non-hydrogen) atoms. The van der Waals surface area contributed by atoms with Gasteiger partial charge in [0, 0.05) is 44.4 Å². The molecule has 1 aliphatic carbocycles. The third-order valence-corrected chi connectivity index (χ3v) is 6.35. The molecule has 1 atom stereocenters. The van der Waals surface area contributed by atoms with E-state index in [2.05, 4.69) is 17.4 Å². The Labute approximate surface area is 183 Å². The Morgan fingerprint density at radius 3 is 2.68 bits per heavy atom. The van der Waals surface area contributed by atoms with Crippen LogP contribution in [0.3, 0.4) is 0 Å². The van der Waals surface area contributed by atoms with E-state index < -0.39 is 5.92 Å². The molecule has 6 heteroatoms. The zero-order valence-corrected chi connectivity index (χ0v) is 18.2. The smallest absolute Gasteiger partial charge is 0.229 e. The topological polar surface area (TPSA) is 69.7 Å². The van der Waals surface area contributed by atoms with Gasteiger partial charge in [0.25, 0.3) is 0 Å². The highest BCUT2D eigenvalue weighted by atomic mass is 16.2. The fourth-order valence-corrected chi connectivity index (χ4v) is 4.53. The number of hydrogen-bond donors (Lipinski definition) is 1. The number of amides is 3. The average molecular weight is 420 g/mol. The second-order valence-corrected chi connectivity index (χ2v) is 8.39. The van der Waals surface area contributed by atoms with Crippen LogP contribution in [0.1, 0.15) is 43.4 Å². The lowest BCUT2D eigenvalue weighted by Gasteiger charge is -2.21. The van der Waals surface area contributed by atoms with Crippen molar-refractivity contribution in [1.82, 2.24) is 4.90 Å². The Hall–Kier alpha value is -3.15. The number of fused-ring (bicyclic) bond motifs is 1. The molecule has 1 N–H and O–H groups in total. The van der Waals surface area contributed by atoms with E-state index in [9.17, 15) is 14.4 Å². The summed E-state index contributed by atoms with van der Waals surface area (Å²) in [6, 6.07) is 13.7. The third-order valence-electron chi connectivity index (χ3n) is 6.35. The number of carbonyl (C=O) groups is 3. The van der Waals surface area contributed by atoms with Gasteiger partial charge >= 0.3 is 0 Å². The predicted molar refractivity (Wildman–Crippen MR) is 121 cm³/mol. The first-order chi connectivity index (χ1) is 15.0. The maximum Gasteiger partial charge on any atom is 0.229 e. The van der Waals surface area contributed by atoms with Crippen molar-refractivity contribution in [3.8, 4) is 0 Å². The van der Waals surface area contributed by atoms with Gasteiger partial charge in [0.2, 0.25) is 17.7 Å². The summed E-state index contributed by atoms with van der Waals surface area (Å²) in [5.74, 6) is -0.575. The van der Waals surface area contributed by atoms with Crippen LogP contribution < -0.4 is 10.2 Å². The summed E-state index contributed by atoms with van der Waals surface area (Å²) in [5, 5.41) is 3.00. The third kappa shape index (κ3) is 4.48. The molecule has 4 rings (SSSR count). The van der Waals surface area contributed by atoms with Gasteiger partial charge in [0.05, 0.1) is 5.92 Å². The van der Waals surface area contributed by atoms with Crippen molar-refractivity contribution < 1.29 is 14.4 Å². The van der Waals surface area contributed by atoms with Crippen LogP contribution in [-0.4, -0.2) is 35.7 Å². The SMILES string of the molecule is CCN(Cc1ccccc1NC(=O)C1CC(=O)N(c2ccc3c(c2)CCC3)C1)C(C)=O. The highest BCUT2D eigenvalue weighted by Gasteiger charge is 2.35. The number of aryl methyl sites for hydroxylation is 2. The van der Waals surface area contributed by atoms with Crippen LogP contribution in [0.2, 0.25) is 0 Å². The first-order valence-electron chi connectivity index (χ1n) is 11.0. The van der Waals surface area contributed by atoms with E-state index in [-0.39, 0.29) is 24.1 Å². The molecule has 0 spiro atoms. The van der Waals surface area contributed by atoms with E-state index in [1.54, 1.807) is 16.7 Å². The van der Waals surface area contributed by atoms with Gasteiger partial charge in [-0.25, -0.2) is 0 Å². The Balaban J connectivity index is 1.45. The van der Waals surface area contributed by atoms with Crippen molar-refractivity contribution in [2.45, 2.75) is 46.1 Å². The summed E-state index contributed by atoms with van der Waals surface area (Å²) in [7, 11) is 0. The zero-order chi connectivity index (χ0) is 22.0. The monoisotopic (exact) mass is 419 g/mol. The van der Waals surface area contributed by atoms with Crippen molar-refractivity contribution >= 4 is 29.1 Å². The van der Waals surface area contributed by atoms with Crippen molar-refractivity contribution in [3.63, 3.8) is 0 Å². The van der Waals surface area contributed by atoms with E-state index in [4.69, 9.17) is 0 Å². The molecule has 0 saturated carbocycles. The van der Waals surface area contributed by atoms with Crippen molar-refractivity contribution in [3.05, 3.63) is 59.2 Å². The van der Waals surface area contributed by atoms with Gasteiger partial charge in [0.15, 0.2) is 0 Å². The number of anilines is 2. The lowest BCUT2D eigenvalue weighted by molar-refractivity contribution is -0.129. The average Bonchev–Trinajstić information content (AvgIpc) is 3.38. The Kier molecular flexibility index (Phi) is 6.07. The summed E-state index contributed by atoms with van der Waals surface area (Å²) in [5.41, 5.74) is 5.15. The summed E-state index contributed by atoms with van der Waals surface area (Å²) in [6.45, 7) is 4.90. The van der Waals surface area contributed by atoms with Crippen LogP contribution >= 0.6 is 0 Å². The molecular formula is C25H29N3O3. The number of benzene rings is 2. The van der Waals surface area contributed by atoms with Crippen LogP contribution in [0.15, 0.2) is 42.5 Å². The van der Waals surface area contributed by atoms with Gasteiger partial charge in [-0.05, 0) is 61.1 Å². The lowest BCUT2D eigenvalue weighted by atomic mass is 10.1. The Morgan fingerprint density at radius 2 is 1.90 bits per heavy atom. The van der Waals surface area contributed by atoms with Crippen LogP contribution in [0.25, 0.3) is 0 Å². The largest absolute Gasteiger partial charge is 0.339 e. The summed E-state index contributed by atoms with van der Waals surface area (Å²) in [4.78, 5) is 40.9. The molecule has 2 aromatic carbocycles. The maximum absolute atomic E-state index is 13.0. The molecule has 1 aliphatic heterocycles. The van der Waals surface area contributed by atoms with E-state index in [1.165, 1.54) is 11.1 Å². The fourth-order valence-electron chi connectivity index (χ4n) is 4.53. The van der Waals surface area contributed by atoms with Gasteiger partial charge < -0.3 is 15.1 Å². The second-order valence-electron chi connectivity index (χ2n) is 8.39. The molecule has 1 fully saturated rings. The van der Waals surface area contributed by atoms with Crippen molar-refractivity contribution in [1.29, 1.82) is 0 Å². The van der Waals surface area contributed by atoms with Crippen LogP contribution in [-0.2, 0) is 33.8 Å². The minimum Gasteiger partial charge on any atom is -0.339 e. The molecule has 2 aromatic rings. The van der Waals surface area contributed by atoms with Crippen LogP contribution in [0.5, 0.6) is 0 Å². The standard InChI is InChI=1S/C25H29N3O3/c1-3-27(17(2)29)15-20-7-4-5-10-23(20)26-25(31)21-14-24(30)28(16-21)22-12-11-18-8-6-9-19(18)13-22/h4-5,7,10-13,21H,3,6,8-9,14-16H2,1-2H3,(H,26,31). The molecule has 1 heterocycles. The zero-order valence-electron chi connectivity index (χ0n) is 18.2. The van der Waals surface area contributed by atoms with E-state index in [0.717, 1.165) is 30.5 Å². The van der Waals surface area contributed by atoms with E-state index in [0.29, 0.717) is 25.3 Å². The molecule has 0 bridgehead atoms. The number of nitrogens with one attached hydrogen (secondary N) is 1. The molecule has 2 aliphatic rings. The van der Waals surface area contributed by atoms with Gasteiger partial charge in [-0.3, -0.25) is 14.4 Å². The molecule has 0 aromatic heterocycles. The minimum atomic E-state index is -0.399. The second kappa shape index (κ2) is 8.92. The summed E-state index contributed by atoms with van der Waals surface area (Å²) in [6.07, 6.45) is 3.53. The molecule has 1 unspecified atom stereocenters. The van der Waals surface area contributed by atoms with E-state index in [1.807, 2.05) is 37.3 Å². The molecule has 1 saturated heterocycles. The van der Waals surface area contributed by atoms with Crippen LogP contribution in [0.4, 0.5) is 11.4 Å². The quantitative estimate of drug-likeness (QED) is 0.779. The first-order valence-corrected chi connectivity index (χ1v) is 11.0. The van der Waals surface area contributed by atoms with Gasteiger partial charge in [0.1, 0.15) is 0 Å². The van der Waals surface area contributed by atoms with Crippen molar-refractivity contribution in [2.24, 2.45) is 5.92 Å². The van der Waals surface area contributed by atoms with Gasteiger partial charge in [-0.1, -0.05) is 24.3 Å². The molecule has 0 radical (unpaired) electrons. The number of nitrogens with zero attached hydrogens (tertiary/aromatic N) is 2. The molecular weight excluding hydrogens is 390 g/mol. The van der Waals surface area contributed by atoms with Gasteiger partial charge in [-0.2, -0.15) is 0 Å². The Morgan fingerprint density at radius 1 is 1.13 bits per heavy atom. The number of hydrogen-bond acceptors (Lipinski definition) is 3. The summed E-state index contributed by atoms with van der Waals surface area (Å²) < 4.78 is 0. The Bertz CT molecular complexity index is 1020. The molecule has 162 valence electrons. The van der Waals surface area contributed by atoms with Gasteiger partial charge in [-0.15, -0.1) is 0 Å². The summed E-state index contributed by atoms with van der Waals surface area (Å²) >= 11 is 0. The van der Waals surface area contributed by atoms with Crippen molar-refractivity contribution in [2.75, 3.05) is 23.3 Å². The number of rotatable bonds is 6. The number of carbonyl (C=O) groups excluding carboxylic acids is 3. The lowest BCUT2D eigenvalue weighted by Crippen LogP contribution is -2.30. The highest BCUT2D eigenvalue weighted by Crippen LogP contribution is 2.31. The normalized spacial score (nSPS) is 17.5. The highest BCUT2D eigenvalue weighted by molar-refractivity contribution is 6.03. The maximum atomic E-state index is 13.0. The number of para-hydroxylation sites is 1.